The second kappa shape index (κ2) is 4.58. The Kier molecular flexibility index (Phi) is 2.97. The van der Waals surface area contributed by atoms with Crippen LogP contribution in [0.5, 0.6) is 0 Å². The van der Waals surface area contributed by atoms with Crippen molar-refractivity contribution in [2.75, 3.05) is 0 Å². The van der Waals surface area contributed by atoms with E-state index in [2.05, 4.69) is 20.1 Å². The number of Topliss-reactive ketones (excluding diaryl/α,β-unsaturated/α-hetero) is 2. The van der Waals surface area contributed by atoms with Crippen molar-refractivity contribution >= 4 is 11.6 Å². The molecule has 2 atom stereocenters. The van der Waals surface area contributed by atoms with Gasteiger partial charge in [0.05, 0.1) is 0 Å². The zero-order valence-electron chi connectivity index (χ0n) is 8.96. The van der Waals surface area contributed by atoms with Gasteiger partial charge in [-0.3, -0.25) is 9.59 Å². The van der Waals surface area contributed by atoms with Crippen LogP contribution in [0.4, 0.5) is 0 Å². The molecular weight excluding hydrogens is 236 g/mol. The molecule has 1 aromatic rings. The van der Waals surface area contributed by atoms with Crippen molar-refractivity contribution in [3.8, 4) is 0 Å². The Bertz CT molecular complexity index is 572. The molecule has 0 saturated carbocycles. The van der Waals surface area contributed by atoms with E-state index in [0.29, 0.717) is 0 Å². The van der Waals surface area contributed by atoms with Crippen molar-refractivity contribution in [3.05, 3.63) is 56.3 Å². The number of fused-ring (bicyclic) bond motifs is 1. The lowest BCUT2D eigenvalue weighted by Gasteiger charge is -2.24. The summed E-state index contributed by atoms with van der Waals surface area (Å²) in [7, 11) is 0. The monoisotopic (exact) mass is 242 g/mol. The lowest BCUT2D eigenvalue weighted by molar-refractivity contribution is 0.0844. The molecule has 8 heteroatoms. The van der Waals surface area contributed by atoms with Crippen LogP contribution in [0.15, 0.2) is 34.5 Å². The summed E-state index contributed by atoms with van der Waals surface area (Å²) in [6, 6.07) is 3.53. The number of rotatable bonds is 2. The molecule has 0 N–H and O–H groups in total. The number of benzene rings is 1. The molecule has 88 valence electrons. The van der Waals surface area contributed by atoms with Gasteiger partial charge < -0.3 is 0 Å². The summed E-state index contributed by atoms with van der Waals surface area (Å²) in [4.78, 5) is 29.1. The summed E-state index contributed by atoms with van der Waals surface area (Å²) in [5.74, 6) is -1.03. The molecule has 0 fully saturated rings. The van der Waals surface area contributed by atoms with E-state index in [1.807, 2.05) is 0 Å². The first-order valence-corrected chi connectivity index (χ1v) is 4.96. The molecule has 0 amide bonds. The Morgan fingerprint density at radius 2 is 1.28 bits per heavy atom. The van der Waals surface area contributed by atoms with E-state index in [0.717, 1.165) is 0 Å². The number of hydrogen-bond acceptors (Lipinski definition) is 4. The minimum Gasteiger partial charge on any atom is -0.294 e. The Labute approximate surface area is 100 Å². The summed E-state index contributed by atoms with van der Waals surface area (Å²) in [6.07, 6.45) is 0. The molecule has 0 aliphatic heterocycles. The van der Waals surface area contributed by atoms with Crippen LogP contribution in [-0.2, 0) is 0 Å². The van der Waals surface area contributed by atoms with Crippen molar-refractivity contribution in [1.29, 1.82) is 0 Å². The molecule has 18 heavy (non-hydrogen) atoms. The van der Waals surface area contributed by atoms with E-state index in [4.69, 9.17) is 11.1 Å². The molecule has 0 heterocycles. The zero-order valence-corrected chi connectivity index (χ0v) is 8.96. The third-order valence-electron chi connectivity index (χ3n) is 2.65. The van der Waals surface area contributed by atoms with Crippen LogP contribution < -0.4 is 0 Å². The molecule has 1 aliphatic rings. The Balaban J connectivity index is 2.65. The highest BCUT2D eigenvalue weighted by Gasteiger charge is 2.40. The summed E-state index contributed by atoms with van der Waals surface area (Å²) >= 11 is 0. The van der Waals surface area contributed by atoms with Crippen LogP contribution in [0, 0.1) is 0 Å². The molecule has 2 unspecified atom stereocenters. The van der Waals surface area contributed by atoms with Gasteiger partial charge in [0, 0.05) is 21.0 Å². The van der Waals surface area contributed by atoms with Crippen molar-refractivity contribution < 1.29 is 9.59 Å². The predicted octanol–water partition coefficient (Wildman–Crippen LogP) is 2.42. The highest BCUT2D eigenvalue weighted by Crippen LogP contribution is 2.25. The number of nitrogens with zero attached hydrogens (tertiary/aromatic N) is 6. The summed E-state index contributed by atoms with van der Waals surface area (Å²) in [5.41, 5.74) is 17.2. The summed E-state index contributed by atoms with van der Waals surface area (Å²) in [6.45, 7) is 0. The second-order valence-electron chi connectivity index (χ2n) is 3.57. The SMILES string of the molecule is [N-]=[N+]=NC1C(=O)c2ccccc2C(=O)C1N=[N+]=[N-]. The fourth-order valence-corrected chi connectivity index (χ4v) is 1.86. The lowest BCUT2D eigenvalue weighted by Crippen LogP contribution is -2.42. The van der Waals surface area contributed by atoms with Gasteiger partial charge in [-0.1, -0.05) is 34.5 Å². The van der Waals surface area contributed by atoms with Gasteiger partial charge in [-0.05, 0) is 11.1 Å². The van der Waals surface area contributed by atoms with Crippen molar-refractivity contribution in [2.45, 2.75) is 12.1 Å². The van der Waals surface area contributed by atoms with Crippen LogP contribution in [0.25, 0.3) is 20.9 Å². The van der Waals surface area contributed by atoms with E-state index in [-0.39, 0.29) is 11.1 Å². The predicted molar refractivity (Wildman–Crippen MR) is 61.0 cm³/mol. The number of azide groups is 2. The largest absolute Gasteiger partial charge is 0.294 e. The fourth-order valence-electron chi connectivity index (χ4n) is 1.86. The van der Waals surface area contributed by atoms with Gasteiger partial charge in [0.15, 0.2) is 11.6 Å². The third-order valence-corrected chi connectivity index (χ3v) is 2.65. The maximum Gasteiger partial charge on any atom is 0.173 e. The normalized spacial score (nSPS) is 21.6. The minimum absolute atomic E-state index is 0.185. The number of carbonyl (C=O) groups excluding carboxylic acids is 2. The first-order valence-electron chi connectivity index (χ1n) is 4.96. The van der Waals surface area contributed by atoms with E-state index >= 15 is 0 Å². The second-order valence-corrected chi connectivity index (χ2v) is 3.57. The maximum absolute atomic E-state index is 12.0. The number of carbonyl (C=O) groups is 2. The van der Waals surface area contributed by atoms with Crippen LogP contribution in [0.3, 0.4) is 0 Å². The first kappa shape index (κ1) is 11.7. The molecule has 0 radical (unpaired) electrons. The van der Waals surface area contributed by atoms with E-state index in [1.165, 1.54) is 12.1 Å². The molecule has 0 bridgehead atoms. The molecule has 1 aliphatic carbocycles. The van der Waals surface area contributed by atoms with Gasteiger partial charge in [-0.25, -0.2) is 0 Å². The fraction of sp³-hybridized carbons (Fsp3) is 0.200. The molecule has 0 saturated heterocycles. The molecule has 2 rings (SSSR count). The number of hydrogen-bond donors (Lipinski definition) is 0. The van der Waals surface area contributed by atoms with Gasteiger partial charge in [-0.2, -0.15) is 0 Å². The third kappa shape index (κ3) is 1.67. The molecule has 8 nitrogen and oxygen atoms in total. The minimum atomic E-state index is -1.31. The topological polar surface area (TPSA) is 132 Å². The van der Waals surface area contributed by atoms with E-state index in [9.17, 15) is 9.59 Å². The maximum atomic E-state index is 12.0. The average molecular weight is 242 g/mol. The Morgan fingerprint density at radius 3 is 1.61 bits per heavy atom. The van der Waals surface area contributed by atoms with Crippen LogP contribution >= 0.6 is 0 Å². The Morgan fingerprint density at radius 1 is 0.889 bits per heavy atom. The summed E-state index contributed by atoms with van der Waals surface area (Å²) < 4.78 is 0. The smallest absolute Gasteiger partial charge is 0.173 e. The Hall–Kier alpha value is -2.82. The first-order chi connectivity index (χ1) is 8.70. The molecule has 1 aromatic carbocycles. The van der Waals surface area contributed by atoms with Gasteiger partial charge in [0.2, 0.25) is 0 Å². The van der Waals surface area contributed by atoms with E-state index in [1.54, 1.807) is 12.1 Å². The van der Waals surface area contributed by atoms with Gasteiger partial charge in [0.1, 0.15) is 12.1 Å². The lowest BCUT2D eigenvalue weighted by atomic mass is 9.83. The average Bonchev–Trinajstić information content (AvgIpc) is 2.40. The number of ketones is 2. The standard InChI is InChI=1S/C10H6N6O2/c11-15-13-7-8(14-16-12)10(18)6-4-2-1-3-5(6)9(7)17/h1-4,7-8H. The molecule has 0 aromatic heterocycles. The van der Waals surface area contributed by atoms with Gasteiger partial charge in [-0.15, -0.1) is 0 Å². The zero-order chi connectivity index (χ0) is 13.1. The van der Waals surface area contributed by atoms with Crippen molar-refractivity contribution in [1.82, 2.24) is 0 Å². The quantitative estimate of drug-likeness (QED) is 0.447. The molecule has 0 spiro atoms. The van der Waals surface area contributed by atoms with Crippen LogP contribution in [0.2, 0.25) is 0 Å². The van der Waals surface area contributed by atoms with Gasteiger partial charge in [0.25, 0.3) is 0 Å². The highest BCUT2D eigenvalue weighted by atomic mass is 16.1. The van der Waals surface area contributed by atoms with Gasteiger partial charge >= 0.3 is 0 Å². The van der Waals surface area contributed by atoms with Crippen molar-refractivity contribution in [2.24, 2.45) is 10.2 Å². The van der Waals surface area contributed by atoms with E-state index < -0.39 is 23.7 Å². The van der Waals surface area contributed by atoms with Crippen LogP contribution in [0.1, 0.15) is 20.7 Å². The summed E-state index contributed by atoms with van der Waals surface area (Å²) in [5, 5.41) is 6.52. The highest BCUT2D eigenvalue weighted by molar-refractivity contribution is 6.19. The van der Waals surface area contributed by atoms with Crippen LogP contribution in [-0.4, -0.2) is 23.7 Å². The van der Waals surface area contributed by atoms with Crippen molar-refractivity contribution in [3.63, 3.8) is 0 Å². The molecular formula is C10H6N6O2.